The van der Waals surface area contributed by atoms with E-state index in [-0.39, 0.29) is 43.0 Å². The molecule has 5 nitrogen and oxygen atoms in total. The van der Waals surface area contributed by atoms with E-state index in [2.05, 4.69) is 20.9 Å². The van der Waals surface area contributed by atoms with Crippen LogP contribution < -0.4 is 0 Å². The Morgan fingerprint density at radius 3 is 2.36 bits per heavy atom. The lowest BCUT2D eigenvalue weighted by Gasteiger charge is -2.34. The van der Waals surface area contributed by atoms with E-state index in [4.69, 9.17) is 0 Å². The van der Waals surface area contributed by atoms with Gasteiger partial charge in [0.05, 0.1) is 22.6 Å². The second kappa shape index (κ2) is 6.22. The van der Waals surface area contributed by atoms with Crippen molar-refractivity contribution in [3.8, 4) is 0 Å². The number of hydrogen-bond donors (Lipinski definition) is 0. The molecule has 25 heavy (non-hydrogen) atoms. The Labute approximate surface area is 151 Å². The standard InChI is InChI=1S/C15H16BrF3N2O3S/c16-10-1-2-11(20-9-10)12(15(17,18)19)21-6-3-14(13(21)22)4-7-25(23,24)8-5-14/h1-2,9,12H,3-8H2. The molecule has 3 heterocycles. The highest BCUT2D eigenvalue weighted by molar-refractivity contribution is 9.10. The molecule has 3 rings (SSSR count). The van der Waals surface area contributed by atoms with Gasteiger partial charge in [-0.05, 0) is 47.3 Å². The maximum atomic E-state index is 13.7. The van der Waals surface area contributed by atoms with Gasteiger partial charge in [-0.25, -0.2) is 8.42 Å². The molecule has 2 saturated heterocycles. The van der Waals surface area contributed by atoms with E-state index in [1.807, 2.05) is 0 Å². The van der Waals surface area contributed by atoms with Gasteiger partial charge in [0.2, 0.25) is 5.91 Å². The minimum atomic E-state index is -4.66. The quantitative estimate of drug-likeness (QED) is 0.708. The van der Waals surface area contributed by atoms with Crippen LogP contribution in [0.2, 0.25) is 0 Å². The third kappa shape index (κ3) is 3.55. The summed E-state index contributed by atoms with van der Waals surface area (Å²) in [6, 6.07) is 0.571. The molecular formula is C15H16BrF3N2O3S. The summed E-state index contributed by atoms with van der Waals surface area (Å²) in [5, 5.41) is 0. The van der Waals surface area contributed by atoms with Gasteiger partial charge >= 0.3 is 6.18 Å². The van der Waals surface area contributed by atoms with Crippen LogP contribution in [0.5, 0.6) is 0 Å². The number of carbonyl (C=O) groups is 1. The molecule has 0 N–H and O–H groups in total. The van der Waals surface area contributed by atoms with E-state index in [0.29, 0.717) is 4.47 Å². The summed E-state index contributed by atoms with van der Waals surface area (Å²) in [5.41, 5.74) is -1.24. The maximum Gasteiger partial charge on any atom is 0.414 e. The van der Waals surface area contributed by atoms with E-state index in [0.717, 1.165) is 4.90 Å². The molecule has 1 unspecified atom stereocenters. The lowest BCUT2D eigenvalue weighted by atomic mass is 9.80. The smallest absolute Gasteiger partial charge is 0.325 e. The SMILES string of the molecule is O=C1N(C(c2ccc(Br)cn2)C(F)(F)F)CCC12CCS(=O)(=O)CC2. The molecule has 1 atom stereocenters. The number of halogens is 4. The van der Waals surface area contributed by atoms with Gasteiger partial charge in [-0.1, -0.05) is 0 Å². The number of pyridine rings is 1. The van der Waals surface area contributed by atoms with Crippen LogP contribution in [0.1, 0.15) is 31.0 Å². The first-order valence-corrected chi connectivity index (χ1v) is 10.4. The van der Waals surface area contributed by atoms with Crippen LogP contribution in [-0.2, 0) is 14.6 Å². The van der Waals surface area contributed by atoms with Gasteiger partial charge in [-0.15, -0.1) is 0 Å². The van der Waals surface area contributed by atoms with Crippen molar-refractivity contribution in [3.05, 3.63) is 28.5 Å². The monoisotopic (exact) mass is 440 g/mol. The van der Waals surface area contributed by atoms with Gasteiger partial charge in [-0.3, -0.25) is 9.78 Å². The zero-order valence-electron chi connectivity index (χ0n) is 13.1. The van der Waals surface area contributed by atoms with Crippen LogP contribution in [0.3, 0.4) is 0 Å². The average Bonchev–Trinajstić information content (AvgIpc) is 2.82. The average molecular weight is 441 g/mol. The molecule has 1 aromatic heterocycles. The van der Waals surface area contributed by atoms with Gasteiger partial charge in [0.25, 0.3) is 0 Å². The third-order valence-corrected chi connectivity index (χ3v) is 7.10. The van der Waals surface area contributed by atoms with E-state index in [1.165, 1.54) is 18.3 Å². The fourth-order valence-corrected chi connectivity index (χ4v) is 5.38. The molecule has 2 aliphatic heterocycles. The molecule has 1 spiro atoms. The lowest BCUT2D eigenvalue weighted by Crippen LogP contribution is -2.45. The van der Waals surface area contributed by atoms with Crippen molar-refractivity contribution >= 4 is 31.7 Å². The number of hydrogen-bond acceptors (Lipinski definition) is 4. The van der Waals surface area contributed by atoms with Crippen molar-refractivity contribution in [1.29, 1.82) is 0 Å². The molecule has 0 aromatic carbocycles. The first-order chi connectivity index (χ1) is 11.5. The van der Waals surface area contributed by atoms with E-state index < -0.39 is 33.4 Å². The summed E-state index contributed by atoms with van der Waals surface area (Å²) >= 11 is 3.13. The predicted octanol–water partition coefficient (Wildman–Crippen LogP) is 2.87. The summed E-state index contributed by atoms with van der Waals surface area (Å²) in [4.78, 5) is 17.5. The number of carbonyl (C=O) groups excluding carboxylic acids is 1. The summed E-state index contributed by atoms with van der Waals surface area (Å²) in [6.45, 7) is -0.0548. The van der Waals surface area contributed by atoms with Crippen molar-refractivity contribution in [2.45, 2.75) is 31.5 Å². The van der Waals surface area contributed by atoms with Gasteiger partial charge in [0, 0.05) is 17.2 Å². The molecule has 0 radical (unpaired) electrons. The lowest BCUT2D eigenvalue weighted by molar-refractivity contribution is -0.191. The first kappa shape index (κ1) is 18.6. The number of rotatable bonds is 2. The number of likely N-dealkylation sites (tertiary alicyclic amines) is 1. The van der Waals surface area contributed by atoms with Crippen LogP contribution in [-0.4, -0.2) is 48.4 Å². The summed E-state index contributed by atoms with van der Waals surface area (Å²) in [7, 11) is -3.20. The fraction of sp³-hybridized carbons (Fsp3) is 0.600. The Hall–Kier alpha value is -1.16. The highest BCUT2D eigenvalue weighted by Gasteiger charge is 2.56. The molecular weight excluding hydrogens is 425 g/mol. The number of sulfone groups is 1. The number of amides is 1. The number of nitrogens with zero attached hydrogens (tertiary/aromatic N) is 2. The second-order valence-corrected chi connectivity index (χ2v) is 9.75. The van der Waals surface area contributed by atoms with Gasteiger partial charge in [0.15, 0.2) is 6.04 Å². The molecule has 0 saturated carbocycles. The Balaban J connectivity index is 1.91. The number of alkyl halides is 3. The predicted molar refractivity (Wildman–Crippen MR) is 87.4 cm³/mol. The summed E-state index contributed by atoms with van der Waals surface area (Å²) in [5.74, 6) is -0.922. The van der Waals surface area contributed by atoms with Gasteiger partial charge < -0.3 is 4.90 Å². The molecule has 2 aliphatic rings. The Kier molecular flexibility index (Phi) is 4.64. The molecule has 0 bridgehead atoms. The summed E-state index contributed by atoms with van der Waals surface area (Å²) in [6.07, 6.45) is -2.99. The van der Waals surface area contributed by atoms with Crippen LogP contribution in [0.4, 0.5) is 13.2 Å². The fourth-order valence-electron chi connectivity index (χ4n) is 3.54. The Bertz CT molecular complexity index is 766. The molecule has 138 valence electrons. The van der Waals surface area contributed by atoms with Crippen LogP contribution >= 0.6 is 15.9 Å². The highest BCUT2D eigenvalue weighted by atomic mass is 79.9. The molecule has 1 aromatic rings. The number of aromatic nitrogens is 1. The van der Waals surface area contributed by atoms with Gasteiger partial charge in [0.1, 0.15) is 9.84 Å². The maximum absolute atomic E-state index is 13.7. The van der Waals surface area contributed by atoms with Crippen LogP contribution in [0.25, 0.3) is 0 Å². The van der Waals surface area contributed by atoms with Crippen LogP contribution in [0.15, 0.2) is 22.8 Å². The van der Waals surface area contributed by atoms with Crippen molar-refractivity contribution < 1.29 is 26.4 Å². The Morgan fingerprint density at radius 1 is 1.20 bits per heavy atom. The first-order valence-electron chi connectivity index (χ1n) is 7.74. The van der Waals surface area contributed by atoms with E-state index in [9.17, 15) is 26.4 Å². The topological polar surface area (TPSA) is 67.3 Å². The zero-order chi connectivity index (χ0) is 18.5. The molecule has 0 aliphatic carbocycles. The van der Waals surface area contributed by atoms with Gasteiger partial charge in [-0.2, -0.15) is 13.2 Å². The minimum Gasteiger partial charge on any atom is -0.325 e. The molecule has 2 fully saturated rings. The third-order valence-electron chi connectivity index (χ3n) is 4.98. The van der Waals surface area contributed by atoms with Crippen molar-refractivity contribution in [2.75, 3.05) is 18.1 Å². The summed E-state index contributed by atoms with van der Waals surface area (Å²) < 4.78 is 64.8. The second-order valence-electron chi connectivity index (χ2n) is 6.53. The Morgan fingerprint density at radius 2 is 1.84 bits per heavy atom. The van der Waals surface area contributed by atoms with E-state index in [1.54, 1.807) is 0 Å². The zero-order valence-corrected chi connectivity index (χ0v) is 15.5. The van der Waals surface area contributed by atoms with Crippen molar-refractivity contribution in [2.24, 2.45) is 5.41 Å². The van der Waals surface area contributed by atoms with Crippen molar-refractivity contribution in [3.63, 3.8) is 0 Å². The van der Waals surface area contributed by atoms with E-state index >= 15 is 0 Å². The van der Waals surface area contributed by atoms with Crippen LogP contribution in [0, 0.1) is 5.41 Å². The largest absolute Gasteiger partial charge is 0.414 e. The molecule has 10 heteroatoms. The minimum absolute atomic E-state index is 0.0548. The highest BCUT2D eigenvalue weighted by Crippen LogP contribution is 2.48. The molecule has 1 amide bonds. The normalized spacial score (nSPS) is 23.8. The van der Waals surface area contributed by atoms with Crippen molar-refractivity contribution in [1.82, 2.24) is 9.88 Å².